The second-order valence-corrected chi connectivity index (χ2v) is 8.81. The molecule has 1 fully saturated rings. The summed E-state index contributed by atoms with van der Waals surface area (Å²) in [7, 11) is 0. The van der Waals surface area contributed by atoms with Gasteiger partial charge < -0.3 is 5.11 Å². The van der Waals surface area contributed by atoms with Gasteiger partial charge in [0.25, 0.3) is 0 Å². The highest BCUT2D eigenvalue weighted by Crippen LogP contribution is 2.60. The lowest BCUT2D eigenvalue weighted by Crippen LogP contribution is -2.52. The maximum atomic E-state index is 12.9. The average Bonchev–Trinajstić information content (AvgIpc) is 2.43. The number of hydrogen-bond donors (Lipinski definition) is 1. The number of rotatable bonds is 1. The lowest BCUT2D eigenvalue weighted by atomic mass is 9.48. The zero-order chi connectivity index (χ0) is 17.2. The summed E-state index contributed by atoms with van der Waals surface area (Å²) < 4.78 is 0. The molecule has 0 saturated heterocycles. The normalized spacial score (nSPS) is 36.7. The number of fused-ring (bicyclic) bond motifs is 2. The Morgan fingerprint density at radius 2 is 1.78 bits per heavy atom. The Labute approximate surface area is 138 Å². The van der Waals surface area contributed by atoms with Crippen LogP contribution in [0.3, 0.4) is 0 Å². The van der Waals surface area contributed by atoms with Gasteiger partial charge >= 0.3 is 0 Å². The molecule has 0 radical (unpaired) electrons. The molecule has 0 aromatic heterocycles. The van der Waals surface area contributed by atoms with Gasteiger partial charge in [-0.2, -0.15) is 0 Å². The molecule has 3 nitrogen and oxygen atoms in total. The molecule has 0 bridgehead atoms. The van der Waals surface area contributed by atoms with E-state index in [-0.39, 0.29) is 34.2 Å². The van der Waals surface area contributed by atoms with E-state index in [4.69, 9.17) is 0 Å². The summed E-state index contributed by atoms with van der Waals surface area (Å²) in [5.74, 6) is -0.490. The molecule has 3 aliphatic carbocycles. The quantitative estimate of drug-likeness (QED) is 0.594. The molecule has 0 amide bonds. The Balaban J connectivity index is 2.20. The van der Waals surface area contributed by atoms with E-state index in [0.717, 1.165) is 24.8 Å². The molecule has 0 unspecified atom stereocenters. The van der Waals surface area contributed by atoms with Crippen LogP contribution < -0.4 is 0 Å². The smallest absolute Gasteiger partial charge is 0.230 e. The second kappa shape index (κ2) is 5.14. The van der Waals surface area contributed by atoms with Crippen molar-refractivity contribution in [3.8, 4) is 0 Å². The average molecular weight is 316 g/mol. The number of carbonyl (C=O) groups is 2. The minimum atomic E-state index is -0.633. The number of carbonyl (C=O) groups excluding carboxylic acids is 2. The van der Waals surface area contributed by atoms with Gasteiger partial charge in [-0.3, -0.25) is 9.59 Å². The number of aliphatic hydroxyl groups is 1. The maximum Gasteiger partial charge on any atom is 0.230 e. The Bertz CT molecular complexity index is 635. The molecule has 126 valence electrons. The third-order valence-electron chi connectivity index (χ3n) is 6.54. The van der Waals surface area contributed by atoms with E-state index in [9.17, 15) is 14.7 Å². The minimum absolute atomic E-state index is 0.000950. The summed E-state index contributed by atoms with van der Waals surface area (Å²) in [4.78, 5) is 25.5. The van der Waals surface area contributed by atoms with Gasteiger partial charge in [-0.05, 0) is 48.2 Å². The zero-order valence-corrected chi connectivity index (χ0v) is 14.9. The summed E-state index contributed by atoms with van der Waals surface area (Å²) in [6, 6.07) is 0. The fraction of sp³-hybridized carbons (Fsp3) is 0.700. The Morgan fingerprint density at radius 3 is 2.39 bits per heavy atom. The second-order valence-electron chi connectivity index (χ2n) is 8.81. The molecular weight excluding hydrogens is 288 g/mol. The lowest BCUT2D eigenvalue weighted by Gasteiger charge is -2.55. The van der Waals surface area contributed by atoms with Crippen LogP contribution in [0.25, 0.3) is 0 Å². The molecule has 0 heterocycles. The summed E-state index contributed by atoms with van der Waals surface area (Å²) in [6.07, 6.45) is 4.97. The number of hydrogen-bond acceptors (Lipinski definition) is 3. The first-order valence-corrected chi connectivity index (χ1v) is 8.83. The van der Waals surface area contributed by atoms with E-state index in [1.165, 1.54) is 0 Å². The van der Waals surface area contributed by atoms with E-state index in [1.54, 1.807) is 0 Å². The molecule has 0 spiro atoms. The van der Waals surface area contributed by atoms with Gasteiger partial charge in [-0.25, -0.2) is 0 Å². The van der Waals surface area contributed by atoms with Crippen molar-refractivity contribution in [1.82, 2.24) is 0 Å². The summed E-state index contributed by atoms with van der Waals surface area (Å²) in [5.41, 5.74) is 1.67. The summed E-state index contributed by atoms with van der Waals surface area (Å²) >= 11 is 0. The molecule has 3 rings (SSSR count). The highest BCUT2D eigenvalue weighted by atomic mass is 16.3. The number of aliphatic hydroxyl groups excluding tert-OH is 1. The Morgan fingerprint density at radius 1 is 1.13 bits per heavy atom. The van der Waals surface area contributed by atoms with Crippen LogP contribution >= 0.6 is 0 Å². The van der Waals surface area contributed by atoms with Crippen molar-refractivity contribution in [2.24, 2.45) is 22.7 Å². The predicted octanol–water partition coefficient (Wildman–Crippen LogP) is 3.61. The summed E-state index contributed by atoms with van der Waals surface area (Å²) in [6.45, 7) is 10.5. The number of Topliss-reactive ketones (excluding diaryl/α,β-unsaturated/α-hetero) is 2. The highest BCUT2D eigenvalue weighted by molar-refractivity contribution is 6.50. The molecule has 3 aliphatic rings. The highest BCUT2D eigenvalue weighted by Gasteiger charge is 2.55. The SMILES string of the molecule is CC(C)C1=CC2=C(C(=O)C1=O)[C@@]1(C)CCCC(C)(C)[C@H]1C[C@@H]2O. The third-order valence-corrected chi connectivity index (χ3v) is 6.54. The monoisotopic (exact) mass is 316 g/mol. The van der Waals surface area contributed by atoms with Crippen LogP contribution in [0.4, 0.5) is 0 Å². The predicted molar refractivity (Wildman–Crippen MR) is 89.8 cm³/mol. The molecule has 0 aromatic carbocycles. The maximum absolute atomic E-state index is 12.9. The molecular formula is C20H28O3. The van der Waals surface area contributed by atoms with E-state index in [0.29, 0.717) is 17.6 Å². The van der Waals surface area contributed by atoms with E-state index in [1.807, 2.05) is 19.9 Å². The van der Waals surface area contributed by atoms with Crippen molar-refractivity contribution in [3.05, 3.63) is 22.8 Å². The van der Waals surface area contributed by atoms with Gasteiger partial charge in [0, 0.05) is 16.6 Å². The van der Waals surface area contributed by atoms with Gasteiger partial charge in [0.1, 0.15) is 0 Å². The van der Waals surface area contributed by atoms with Crippen molar-refractivity contribution in [1.29, 1.82) is 0 Å². The van der Waals surface area contributed by atoms with Crippen LogP contribution in [0.15, 0.2) is 22.8 Å². The Kier molecular flexibility index (Phi) is 3.72. The largest absolute Gasteiger partial charge is 0.388 e. The fourth-order valence-corrected chi connectivity index (χ4v) is 5.31. The number of ketones is 2. The summed E-state index contributed by atoms with van der Waals surface area (Å²) in [5, 5.41) is 10.7. The first kappa shape index (κ1) is 16.6. The van der Waals surface area contributed by atoms with Crippen molar-refractivity contribution < 1.29 is 14.7 Å². The van der Waals surface area contributed by atoms with E-state index < -0.39 is 6.10 Å². The van der Waals surface area contributed by atoms with Gasteiger partial charge in [-0.1, -0.05) is 41.0 Å². The van der Waals surface area contributed by atoms with E-state index in [2.05, 4.69) is 20.8 Å². The van der Waals surface area contributed by atoms with Crippen LogP contribution in [0.1, 0.15) is 60.3 Å². The van der Waals surface area contributed by atoms with Crippen LogP contribution in [0.5, 0.6) is 0 Å². The molecule has 1 N–H and O–H groups in total. The van der Waals surface area contributed by atoms with Crippen LogP contribution in [-0.4, -0.2) is 22.8 Å². The first-order chi connectivity index (χ1) is 10.6. The lowest BCUT2D eigenvalue weighted by molar-refractivity contribution is -0.135. The van der Waals surface area contributed by atoms with E-state index >= 15 is 0 Å². The van der Waals surface area contributed by atoms with Gasteiger partial charge in [0.05, 0.1) is 6.10 Å². The molecule has 3 atom stereocenters. The van der Waals surface area contributed by atoms with Crippen molar-refractivity contribution in [2.75, 3.05) is 0 Å². The van der Waals surface area contributed by atoms with Gasteiger partial charge in [0.15, 0.2) is 0 Å². The standard InChI is InChI=1S/C20H28O3/c1-11(2)12-9-13-14(21)10-15-19(3,4)7-6-8-20(15,5)16(13)18(23)17(12)22/h9,11,14-15,21H,6-8,10H2,1-5H3/t14-,15+,20-/m0/s1. The van der Waals surface area contributed by atoms with Crippen molar-refractivity contribution in [3.63, 3.8) is 0 Å². The van der Waals surface area contributed by atoms with Crippen LogP contribution in [0, 0.1) is 22.7 Å². The zero-order valence-electron chi connectivity index (χ0n) is 14.9. The topological polar surface area (TPSA) is 54.4 Å². The fourth-order valence-electron chi connectivity index (χ4n) is 5.31. The molecule has 23 heavy (non-hydrogen) atoms. The van der Waals surface area contributed by atoms with Crippen molar-refractivity contribution >= 4 is 11.6 Å². The van der Waals surface area contributed by atoms with Crippen LogP contribution in [0.2, 0.25) is 0 Å². The molecule has 3 heteroatoms. The molecule has 0 aliphatic heterocycles. The molecule has 0 aromatic rings. The van der Waals surface area contributed by atoms with Crippen LogP contribution in [-0.2, 0) is 9.59 Å². The minimum Gasteiger partial charge on any atom is -0.388 e. The number of allylic oxidation sites excluding steroid dienone is 2. The van der Waals surface area contributed by atoms with Gasteiger partial charge in [-0.15, -0.1) is 0 Å². The third kappa shape index (κ3) is 2.27. The Hall–Kier alpha value is -1.22. The first-order valence-electron chi connectivity index (χ1n) is 8.83. The van der Waals surface area contributed by atoms with Crippen molar-refractivity contribution in [2.45, 2.75) is 66.4 Å². The molecule has 1 saturated carbocycles. The van der Waals surface area contributed by atoms with Gasteiger partial charge in [0.2, 0.25) is 11.6 Å².